The molecular weight excluding hydrogens is 276 g/mol. The lowest BCUT2D eigenvalue weighted by Crippen LogP contribution is -2.07. The average Bonchev–Trinajstić information content (AvgIpc) is 2.46. The van der Waals surface area contributed by atoms with Crippen molar-refractivity contribution in [3.63, 3.8) is 0 Å². The number of aromatic nitrogens is 1. The molecule has 106 valence electrons. The Labute approximate surface area is 123 Å². The van der Waals surface area contributed by atoms with Crippen LogP contribution in [-0.2, 0) is 0 Å². The number of benzene rings is 1. The Morgan fingerprint density at radius 2 is 1.95 bits per heavy atom. The van der Waals surface area contributed by atoms with Gasteiger partial charge in [-0.2, -0.15) is 0 Å². The van der Waals surface area contributed by atoms with E-state index in [2.05, 4.69) is 4.98 Å². The number of nitrogens with two attached hydrogens (primary N) is 1. The third kappa shape index (κ3) is 2.86. The third-order valence-corrected chi connectivity index (χ3v) is 3.25. The van der Waals surface area contributed by atoms with Crippen LogP contribution in [0.5, 0.6) is 11.6 Å². The number of pyridine rings is 1. The van der Waals surface area contributed by atoms with Gasteiger partial charge in [0.05, 0.1) is 19.2 Å². The molecule has 0 saturated heterocycles. The maximum Gasteiger partial charge on any atom is 0.221 e. The smallest absolute Gasteiger partial charge is 0.221 e. The van der Waals surface area contributed by atoms with Crippen LogP contribution in [0.3, 0.4) is 0 Å². The zero-order chi connectivity index (χ0) is 14.7. The molecule has 1 heterocycles. The first-order valence-electron chi connectivity index (χ1n) is 6.20. The largest absolute Gasteiger partial charge is 0.496 e. The molecule has 1 aromatic heterocycles. The summed E-state index contributed by atoms with van der Waals surface area (Å²) >= 11 is 6.01. The summed E-state index contributed by atoms with van der Waals surface area (Å²) < 4.78 is 10.7. The standard InChI is InChI=1S/C15H17ClN2O2/c1-9(17)12-5-4-10(6-14(12)19-2)13-7-11(16)8-18-15(13)20-3/h4-9H,17H2,1-3H3. The number of hydrogen-bond donors (Lipinski definition) is 1. The third-order valence-electron chi connectivity index (χ3n) is 3.05. The first kappa shape index (κ1) is 14.6. The molecule has 1 unspecified atom stereocenters. The molecule has 0 spiro atoms. The van der Waals surface area contributed by atoms with E-state index < -0.39 is 0 Å². The van der Waals surface area contributed by atoms with E-state index in [0.29, 0.717) is 10.9 Å². The summed E-state index contributed by atoms with van der Waals surface area (Å²) in [5.41, 5.74) is 8.60. The molecule has 2 aromatic rings. The quantitative estimate of drug-likeness (QED) is 0.938. The van der Waals surface area contributed by atoms with Gasteiger partial charge in [0, 0.05) is 23.4 Å². The molecule has 4 nitrogen and oxygen atoms in total. The highest BCUT2D eigenvalue weighted by Crippen LogP contribution is 2.34. The maximum atomic E-state index is 6.01. The number of rotatable bonds is 4. The molecule has 0 aliphatic rings. The fourth-order valence-corrected chi connectivity index (χ4v) is 2.21. The summed E-state index contributed by atoms with van der Waals surface area (Å²) in [6.07, 6.45) is 1.55. The zero-order valence-electron chi connectivity index (χ0n) is 11.7. The van der Waals surface area contributed by atoms with Crippen molar-refractivity contribution in [3.05, 3.63) is 41.0 Å². The summed E-state index contributed by atoms with van der Waals surface area (Å²) in [6.45, 7) is 1.92. The fraction of sp³-hybridized carbons (Fsp3) is 0.267. The van der Waals surface area contributed by atoms with Crippen molar-refractivity contribution in [2.75, 3.05) is 14.2 Å². The van der Waals surface area contributed by atoms with Gasteiger partial charge in [0.25, 0.3) is 0 Å². The molecule has 5 heteroatoms. The summed E-state index contributed by atoms with van der Waals surface area (Å²) in [5.74, 6) is 1.25. The van der Waals surface area contributed by atoms with E-state index in [1.807, 2.05) is 31.2 Å². The van der Waals surface area contributed by atoms with Crippen LogP contribution in [0.2, 0.25) is 5.02 Å². The molecule has 0 saturated carbocycles. The van der Waals surface area contributed by atoms with Crippen molar-refractivity contribution in [2.24, 2.45) is 5.73 Å². The predicted molar refractivity (Wildman–Crippen MR) is 80.4 cm³/mol. The Kier molecular flexibility index (Phi) is 4.47. The van der Waals surface area contributed by atoms with Crippen LogP contribution in [0.15, 0.2) is 30.5 Å². The van der Waals surface area contributed by atoms with Gasteiger partial charge in [-0.15, -0.1) is 0 Å². The van der Waals surface area contributed by atoms with E-state index >= 15 is 0 Å². The summed E-state index contributed by atoms with van der Waals surface area (Å²) in [6, 6.07) is 7.52. The normalized spacial score (nSPS) is 12.1. The second-order valence-corrected chi connectivity index (χ2v) is 4.89. The Balaban J connectivity index is 2.56. The SMILES string of the molecule is COc1cc(-c2cc(Cl)cnc2OC)ccc1C(C)N. The highest BCUT2D eigenvalue weighted by Gasteiger charge is 2.13. The lowest BCUT2D eigenvalue weighted by molar-refractivity contribution is 0.399. The maximum absolute atomic E-state index is 6.01. The molecule has 1 aromatic carbocycles. The van der Waals surface area contributed by atoms with Crippen molar-refractivity contribution in [2.45, 2.75) is 13.0 Å². The van der Waals surface area contributed by atoms with Crippen molar-refractivity contribution < 1.29 is 9.47 Å². The number of halogens is 1. The number of ether oxygens (including phenoxy) is 2. The molecule has 0 fully saturated rings. The van der Waals surface area contributed by atoms with Crippen molar-refractivity contribution in [1.29, 1.82) is 0 Å². The first-order valence-corrected chi connectivity index (χ1v) is 6.58. The molecule has 0 aliphatic carbocycles. The van der Waals surface area contributed by atoms with E-state index in [1.165, 1.54) is 0 Å². The van der Waals surface area contributed by atoms with Crippen LogP contribution in [-0.4, -0.2) is 19.2 Å². The average molecular weight is 293 g/mol. The van der Waals surface area contributed by atoms with Crippen molar-refractivity contribution >= 4 is 11.6 Å². The molecule has 0 amide bonds. The zero-order valence-corrected chi connectivity index (χ0v) is 12.4. The highest BCUT2D eigenvalue weighted by molar-refractivity contribution is 6.30. The van der Waals surface area contributed by atoms with Crippen LogP contribution in [0.1, 0.15) is 18.5 Å². The van der Waals surface area contributed by atoms with Crippen LogP contribution in [0.25, 0.3) is 11.1 Å². The molecule has 0 radical (unpaired) electrons. The predicted octanol–water partition coefficient (Wildman–Crippen LogP) is 3.44. The Bertz CT molecular complexity index is 615. The van der Waals surface area contributed by atoms with Crippen LogP contribution in [0, 0.1) is 0 Å². The Hall–Kier alpha value is -1.78. The first-order chi connectivity index (χ1) is 9.56. The topological polar surface area (TPSA) is 57.4 Å². The highest BCUT2D eigenvalue weighted by atomic mass is 35.5. The number of hydrogen-bond acceptors (Lipinski definition) is 4. The van der Waals surface area contributed by atoms with Crippen LogP contribution < -0.4 is 15.2 Å². The van der Waals surface area contributed by atoms with Gasteiger partial charge in [0.1, 0.15) is 5.75 Å². The summed E-state index contributed by atoms with van der Waals surface area (Å²) in [7, 11) is 3.20. The van der Waals surface area contributed by atoms with Crippen molar-refractivity contribution in [3.8, 4) is 22.8 Å². The van der Waals surface area contributed by atoms with Gasteiger partial charge in [-0.05, 0) is 24.6 Å². The van der Waals surface area contributed by atoms with E-state index in [-0.39, 0.29) is 6.04 Å². The van der Waals surface area contributed by atoms with E-state index in [9.17, 15) is 0 Å². The molecule has 2 rings (SSSR count). The van der Waals surface area contributed by atoms with Gasteiger partial charge < -0.3 is 15.2 Å². The summed E-state index contributed by atoms with van der Waals surface area (Å²) in [5, 5.41) is 0.552. The molecule has 1 atom stereocenters. The number of nitrogens with zero attached hydrogens (tertiary/aromatic N) is 1. The van der Waals surface area contributed by atoms with E-state index in [0.717, 1.165) is 22.4 Å². The van der Waals surface area contributed by atoms with Gasteiger partial charge >= 0.3 is 0 Å². The van der Waals surface area contributed by atoms with Gasteiger partial charge in [0.2, 0.25) is 5.88 Å². The molecular formula is C15H17ClN2O2. The number of methoxy groups -OCH3 is 2. The Morgan fingerprint density at radius 3 is 2.55 bits per heavy atom. The minimum absolute atomic E-state index is 0.0987. The lowest BCUT2D eigenvalue weighted by Gasteiger charge is -2.14. The Morgan fingerprint density at radius 1 is 1.20 bits per heavy atom. The van der Waals surface area contributed by atoms with Crippen LogP contribution in [0.4, 0.5) is 0 Å². The summed E-state index contributed by atoms with van der Waals surface area (Å²) in [4.78, 5) is 4.17. The fourth-order valence-electron chi connectivity index (χ4n) is 2.05. The van der Waals surface area contributed by atoms with Gasteiger partial charge in [-0.3, -0.25) is 0 Å². The second kappa shape index (κ2) is 6.11. The van der Waals surface area contributed by atoms with E-state index in [1.54, 1.807) is 20.4 Å². The van der Waals surface area contributed by atoms with E-state index in [4.69, 9.17) is 26.8 Å². The molecule has 0 bridgehead atoms. The van der Waals surface area contributed by atoms with Crippen molar-refractivity contribution in [1.82, 2.24) is 4.98 Å². The lowest BCUT2D eigenvalue weighted by atomic mass is 10.0. The monoisotopic (exact) mass is 292 g/mol. The molecule has 0 aliphatic heterocycles. The van der Waals surface area contributed by atoms with Gasteiger partial charge in [-0.1, -0.05) is 23.7 Å². The minimum Gasteiger partial charge on any atom is -0.496 e. The molecule has 20 heavy (non-hydrogen) atoms. The minimum atomic E-state index is -0.0987. The van der Waals surface area contributed by atoms with Gasteiger partial charge in [0.15, 0.2) is 0 Å². The van der Waals surface area contributed by atoms with Crippen LogP contribution >= 0.6 is 11.6 Å². The van der Waals surface area contributed by atoms with Gasteiger partial charge in [-0.25, -0.2) is 4.98 Å². The second-order valence-electron chi connectivity index (χ2n) is 4.46. The molecule has 2 N–H and O–H groups in total.